The number of benzene rings is 2. The van der Waals surface area contributed by atoms with Crippen LogP contribution in [0.3, 0.4) is 0 Å². The van der Waals surface area contributed by atoms with Gasteiger partial charge < -0.3 is 35.5 Å². The molecule has 0 radical (unpaired) electrons. The fourth-order valence-corrected chi connectivity index (χ4v) is 3.27. The van der Waals surface area contributed by atoms with Crippen molar-refractivity contribution in [3.63, 3.8) is 0 Å². The summed E-state index contributed by atoms with van der Waals surface area (Å²) in [5.41, 5.74) is 1.84. The standard InChI is InChI=1S/C19H18N2O4.C13H30N2O3.3C2H6.C2H2/c1-12(22)14-3-7-16(8-4-14)18(24)20-11-21-19(25)17-9-5-15(6-10-17)13(2)23;1-11(14-4)8-16-6-7-17-10-13(3)18-9-12(2)15-5;4*1-2/h3-10H,11H2,1-2H3,(H,20,24)(H,21,25);11-15H,6-10H2,1-5H3;3*1-2H3;1-2H. The van der Waals surface area contributed by atoms with Crippen molar-refractivity contribution >= 4 is 23.4 Å². The highest BCUT2D eigenvalue weighted by Crippen LogP contribution is 2.06. The highest BCUT2D eigenvalue weighted by atomic mass is 16.5. The molecule has 0 aliphatic rings. The summed E-state index contributed by atoms with van der Waals surface area (Å²) in [6.07, 6.45) is 8.12. The first-order valence-corrected chi connectivity index (χ1v) is 17.7. The van der Waals surface area contributed by atoms with Crippen molar-refractivity contribution in [3.8, 4) is 12.8 Å². The van der Waals surface area contributed by atoms with Crippen molar-refractivity contribution < 1.29 is 33.4 Å². The Hall–Kier alpha value is -3.92. The first-order chi connectivity index (χ1) is 24.5. The van der Waals surface area contributed by atoms with Gasteiger partial charge >= 0.3 is 0 Å². The lowest BCUT2D eigenvalue weighted by molar-refractivity contribution is -0.0285. The second-order valence-corrected chi connectivity index (χ2v) is 10.1. The number of likely N-dealkylation sites (N-methyl/N-ethyl adjacent to an activating group) is 2. The Labute approximate surface area is 309 Å². The van der Waals surface area contributed by atoms with E-state index in [2.05, 4.69) is 48.0 Å². The average molecular weight is 717 g/mol. The fraction of sp³-hybridized carbons (Fsp3) is 0.550. The zero-order valence-electron chi connectivity index (χ0n) is 33.6. The molecule has 0 aliphatic carbocycles. The number of carbonyl (C=O) groups is 4. The van der Waals surface area contributed by atoms with Crippen molar-refractivity contribution in [1.82, 2.24) is 21.3 Å². The van der Waals surface area contributed by atoms with E-state index in [1.165, 1.54) is 13.8 Å². The summed E-state index contributed by atoms with van der Waals surface area (Å²) < 4.78 is 16.5. The highest BCUT2D eigenvalue weighted by Gasteiger charge is 2.09. The van der Waals surface area contributed by atoms with E-state index in [1.807, 2.05) is 62.6 Å². The fourth-order valence-electron chi connectivity index (χ4n) is 3.27. The van der Waals surface area contributed by atoms with E-state index in [4.69, 9.17) is 14.2 Å². The normalized spacial score (nSPS) is 11.1. The summed E-state index contributed by atoms with van der Waals surface area (Å²) in [5, 5.41) is 11.4. The summed E-state index contributed by atoms with van der Waals surface area (Å²) >= 11 is 0. The largest absolute Gasteiger partial charge is 0.377 e. The number of Topliss-reactive ketones (excluding diaryl/α,β-unsaturated/α-hetero) is 2. The Kier molecular flexibility index (Phi) is 39.4. The molecular formula is C40H68N4O7. The van der Waals surface area contributed by atoms with Crippen LogP contribution in [0.25, 0.3) is 0 Å². The highest BCUT2D eigenvalue weighted by molar-refractivity contribution is 5.99. The van der Waals surface area contributed by atoms with E-state index >= 15 is 0 Å². The Bertz CT molecular complexity index is 1100. The number of amides is 2. The molecule has 0 aromatic heterocycles. The second kappa shape index (κ2) is 37.3. The monoisotopic (exact) mass is 717 g/mol. The van der Waals surface area contributed by atoms with E-state index in [0.717, 1.165) is 0 Å². The van der Waals surface area contributed by atoms with Crippen LogP contribution in [0.4, 0.5) is 0 Å². The maximum atomic E-state index is 12.0. The number of ketones is 2. The van der Waals surface area contributed by atoms with Gasteiger partial charge in [-0.15, -0.1) is 12.8 Å². The van der Waals surface area contributed by atoms with Crippen LogP contribution in [-0.2, 0) is 14.2 Å². The first-order valence-electron chi connectivity index (χ1n) is 17.7. The number of ether oxygens (including phenoxy) is 3. The minimum atomic E-state index is -0.359. The maximum absolute atomic E-state index is 12.0. The van der Waals surface area contributed by atoms with E-state index in [1.54, 1.807) is 48.5 Å². The van der Waals surface area contributed by atoms with Crippen LogP contribution in [0.5, 0.6) is 0 Å². The minimum absolute atomic E-state index is 0.0411. The lowest BCUT2D eigenvalue weighted by Crippen LogP contribution is -2.37. The van der Waals surface area contributed by atoms with Gasteiger partial charge in [0.15, 0.2) is 11.6 Å². The van der Waals surface area contributed by atoms with E-state index in [-0.39, 0.29) is 36.2 Å². The van der Waals surface area contributed by atoms with Gasteiger partial charge in [0.05, 0.1) is 45.8 Å². The van der Waals surface area contributed by atoms with Gasteiger partial charge in [-0.1, -0.05) is 65.8 Å². The number of terminal acetylenes is 1. The van der Waals surface area contributed by atoms with Crippen LogP contribution in [0.1, 0.15) is 118 Å². The van der Waals surface area contributed by atoms with E-state index in [9.17, 15) is 19.2 Å². The quantitative estimate of drug-likeness (QED) is 0.0616. The van der Waals surface area contributed by atoms with Gasteiger partial charge in [0.25, 0.3) is 11.8 Å². The summed E-state index contributed by atoms with van der Waals surface area (Å²) in [5.74, 6) is -0.866. The third-order valence-corrected chi connectivity index (χ3v) is 6.31. The van der Waals surface area contributed by atoms with Gasteiger partial charge in [-0.05, 0) is 73.0 Å². The zero-order chi connectivity index (χ0) is 40.2. The predicted octanol–water partition coefficient (Wildman–Crippen LogP) is 6.18. The molecule has 4 N–H and O–H groups in total. The number of rotatable bonds is 18. The number of hydrogen-bond donors (Lipinski definition) is 4. The molecule has 3 atom stereocenters. The number of carbonyl (C=O) groups excluding carboxylic acids is 4. The van der Waals surface area contributed by atoms with Gasteiger partial charge in [0, 0.05) is 34.3 Å². The summed E-state index contributed by atoms with van der Waals surface area (Å²) in [6.45, 7) is 24.3. The molecule has 2 rings (SSSR count). The molecule has 11 heteroatoms. The van der Waals surface area contributed by atoms with Crippen LogP contribution in [0.15, 0.2) is 48.5 Å². The molecule has 0 spiro atoms. The van der Waals surface area contributed by atoms with E-state index < -0.39 is 0 Å². The van der Waals surface area contributed by atoms with E-state index in [0.29, 0.717) is 67.4 Å². The molecule has 2 amide bonds. The Morgan fingerprint density at radius 2 is 0.882 bits per heavy atom. The molecular weight excluding hydrogens is 648 g/mol. The molecule has 11 nitrogen and oxygen atoms in total. The molecule has 0 heterocycles. The van der Waals surface area contributed by atoms with Crippen LogP contribution in [0.2, 0.25) is 0 Å². The predicted molar refractivity (Wildman–Crippen MR) is 211 cm³/mol. The van der Waals surface area contributed by atoms with Gasteiger partial charge in [-0.25, -0.2) is 0 Å². The first kappa shape index (κ1) is 53.9. The molecule has 51 heavy (non-hydrogen) atoms. The van der Waals surface area contributed by atoms with Crippen LogP contribution in [0, 0.1) is 12.8 Å². The van der Waals surface area contributed by atoms with Gasteiger partial charge in [-0.2, -0.15) is 0 Å². The minimum Gasteiger partial charge on any atom is -0.377 e. The maximum Gasteiger partial charge on any atom is 0.252 e. The molecule has 290 valence electrons. The van der Waals surface area contributed by atoms with Crippen molar-refractivity contribution in [3.05, 3.63) is 70.8 Å². The van der Waals surface area contributed by atoms with Crippen LogP contribution >= 0.6 is 0 Å². The molecule has 0 bridgehead atoms. The van der Waals surface area contributed by atoms with Crippen LogP contribution in [-0.4, -0.2) is 95.4 Å². The Morgan fingerprint density at radius 1 is 0.569 bits per heavy atom. The van der Waals surface area contributed by atoms with Crippen molar-refractivity contribution in [2.45, 2.75) is 94.3 Å². The van der Waals surface area contributed by atoms with Gasteiger partial charge in [0.2, 0.25) is 0 Å². The van der Waals surface area contributed by atoms with Crippen LogP contribution < -0.4 is 21.3 Å². The lowest BCUT2D eigenvalue weighted by atomic mass is 10.1. The topological polar surface area (TPSA) is 144 Å². The molecule has 2 aromatic carbocycles. The smallest absolute Gasteiger partial charge is 0.252 e. The molecule has 0 saturated carbocycles. The molecule has 3 unspecified atom stereocenters. The lowest BCUT2D eigenvalue weighted by Gasteiger charge is -2.17. The molecule has 0 aliphatic heterocycles. The van der Waals surface area contributed by atoms with Crippen molar-refractivity contribution in [1.29, 1.82) is 0 Å². The average Bonchev–Trinajstić information content (AvgIpc) is 3.18. The SMILES string of the molecule is C#C.CC.CC.CC.CC(=O)c1ccc(C(=O)NCNC(=O)c2ccc(C(C)=O)cc2)cc1.CNC(C)COCCOCC(C)OCC(C)NC. The summed E-state index contributed by atoms with van der Waals surface area (Å²) in [4.78, 5) is 46.4. The molecule has 0 fully saturated rings. The van der Waals surface area contributed by atoms with Gasteiger partial charge in [-0.3, -0.25) is 19.2 Å². The third kappa shape index (κ3) is 28.5. The Morgan fingerprint density at radius 3 is 1.22 bits per heavy atom. The molecule has 0 saturated heterocycles. The summed E-state index contributed by atoms with van der Waals surface area (Å²) in [6, 6.07) is 13.3. The van der Waals surface area contributed by atoms with Gasteiger partial charge in [0.1, 0.15) is 0 Å². The second-order valence-electron chi connectivity index (χ2n) is 10.1. The third-order valence-electron chi connectivity index (χ3n) is 6.31. The van der Waals surface area contributed by atoms with Crippen molar-refractivity contribution in [2.75, 3.05) is 53.8 Å². The number of hydrogen-bond acceptors (Lipinski definition) is 9. The van der Waals surface area contributed by atoms with Crippen molar-refractivity contribution in [2.24, 2.45) is 0 Å². The molecule has 2 aromatic rings. The Balaban J connectivity index is -0.000000375. The number of nitrogens with one attached hydrogen (secondary N) is 4. The summed E-state index contributed by atoms with van der Waals surface area (Å²) in [7, 11) is 3.86. The zero-order valence-corrected chi connectivity index (χ0v) is 33.6.